The second-order valence-corrected chi connectivity index (χ2v) is 12.5. The van der Waals surface area contributed by atoms with Crippen LogP contribution < -0.4 is 14.4 Å². The topological polar surface area (TPSA) is 96.0 Å². The summed E-state index contributed by atoms with van der Waals surface area (Å²) in [5.74, 6) is -0.107. The lowest BCUT2D eigenvalue weighted by Gasteiger charge is -2.31. The maximum atomic E-state index is 13.7. The number of hydrogen-bond acceptors (Lipinski definition) is 5. The van der Waals surface area contributed by atoms with E-state index >= 15 is 0 Å². The minimum atomic E-state index is -3.66. The zero-order chi connectivity index (χ0) is 29.3. The summed E-state index contributed by atoms with van der Waals surface area (Å²) in [6.45, 7) is 0.281. The van der Waals surface area contributed by atoms with Crippen molar-refractivity contribution in [3.63, 3.8) is 0 Å². The summed E-state index contributed by atoms with van der Waals surface area (Å²) in [7, 11) is -0.634. The Morgan fingerprint density at radius 1 is 1.02 bits per heavy atom. The summed E-state index contributed by atoms with van der Waals surface area (Å²) in [5, 5.41) is 2.97. The van der Waals surface area contributed by atoms with E-state index in [2.05, 4.69) is 21.2 Å². The van der Waals surface area contributed by atoms with Crippen LogP contribution in [0.4, 0.5) is 5.69 Å². The number of sulfonamides is 1. The summed E-state index contributed by atoms with van der Waals surface area (Å²) in [6, 6.07) is 21.0. The number of carbonyl (C=O) groups excluding carboxylic acids is 2. The quantitative estimate of drug-likeness (QED) is 0.280. The van der Waals surface area contributed by atoms with Crippen molar-refractivity contribution in [2.75, 3.05) is 31.3 Å². The van der Waals surface area contributed by atoms with Crippen molar-refractivity contribution in [2.45, 2.75) is 31.8 Å². The number of amides is 2. The van der Waals surface area contributed by atoms with Crippen LogP contribution in [-0.2, 0) is 32.6 Å². The lowest BCUT2D eigenvalue weighted by atomic mass is 10.0. The molecule has 11 heteroatoms. The van der Waals surface area contributed by atoms with E-state index < -0.39 is 16.1 Å². The Kier molecular flexibility index (Phi) is 11.4. The van der Waals surface area contributed by atoms with E-state index in [1.807, 2.05) is 54.6 Å². The van der Waals surface area contributed by atoms with Gasteiger partial charge in [0, 0.05) is 37.5 Å². The molecule has 8 nitrogen and oxygen atoms in total. The molecule has 0 aliphatic heterocycles. The zero-order valence-electron chi connectivity index (χ0n) is 22.6. The van der Waals surface area contributed by atoms with Gasteiger partial charge in [0.25, 0.3) is 0 Å². The fraction of sp³-hybridized carbons (Fsp3) is 0.310. The Morgan fingerprint density at radius 3 is 2.27 bits per heavy atom. The van der Waals surface area contributed by atoms with Crippen LogP contribution in [0.3, 0.4) is 0 Å². The molecule has 0 saturated carbocycles. The van der Waals surface area contributed by atoms with E-state index in [1.165, 1.54) is 17.5 Å². The van der Waals surface area contributed by atoms with Gasteiger partial charge in [0.05, 0.1) is 24.1 Å². The third-order valence-electron chi connectivity index (χ3n) is 6.36. The highest BCUT2D eigenvalue weighted by Crippen LogP contribution is 2.30. The average Bonchev–Trinajstić information content (AvgIpc) is 2.93. The van der Waals surface area contributed by atoms with Gasteiger partial charge in [-0.25, -0.2) is 8.42 Å². The van der Waals surface area contributed by atoms with Crippen LogP contribution in [0.25, 0.3) is 0 Å². The van der Waals surface area contributed by atoms with Crippen molar-refractivity contribution in [2.24, 2.45) is 0 Å². The second-order valence-electron chi connectivity index (χ2n) is 9.23. The van der Waals surface area contributed by atoms with Crippen molar-refractivity contribution in [1.29, 1.82) is 0 Å². The molecule has 0 spiro atoms. The molecule has 2 amide bonds. The molecule has 0 radical (unpaired) electrons. The number of hydrogen-bond donors (Lipinski definition) is 1. The van der Waals surface area contributed by atoms with Gasteiger partial charge in [0.15, 0.2) is 0 Å². The number of anilines is 1. The highest BCUT2D eigenvalue weighted by atomic mass is 79.9. The smallest absolute Gasteiger partial charge is 0.242 e. The number of halogens is 2. The summed E-state index contributed by atoms with van der Waals surface area (Å²) in [4.78, 5) is 28.3. The van der Waals surface area contributed by atoms with Crippen LogP contribution in [0.5, 0.6) is 5.75 Å². The van der Waals surface area contributed by atoms with Gasteiger partial charge in [-0.1, -0.05) is 70.0 Å². The predicted octanol–water partition coefficient (Wildman–Crippen LogP) is 5.04. The summed E-state index contributed by atoms with van der Waals surface area (Å²) in [5.41, 5.74) is 2.16. The van der Waals surface area contributed by atoms with Crippen molar-refractivity contribution < 1.29 is 22.7 Å². The van der Waals surface area contributed by atoms with E-state index in [0.717, 1.165) is 21.9 Å². The van der Waals surface area contributed by atoms with Gasteiger partial charge < -0.3 is 15.0 Å². The standard InChI is InChI=1S/C29H33BrClN3O5S/c1-32-29(36)26(18-21-8-5-4-6-9-21)33(20-22-11-13-23(30)14-12-22)28(35)10-7-17-34(40(3,37)38)24-15-16-27(39-2)25(31)19-24/h4-6,8-9,11-16,19,26H,7,10,17-18,20H2,1-3H3,(H,32,36). The van der Waals surface area contributed by atoms with E-state index in [9.17, 15) is 18.0 Å². The zero-order valence-corrected chi connectivity index (χ0v) is 25.8. The SMILES string of the molecule is CNC(=O)C(Cc1ccccc1)N(Cc1ccc(Br)cc1)C(=O)CCCN(c1ccc(OC)c(Cl)c1)S(C)(=O)=O. The molecule has 3 aromatic carbocycles. The number of benzene rings is 3. The van der Waals surface area contributed by atoms with Crippen LogP contribution in [-0.4, -0.2) is 58.1 Å². The molecule has 1 unspecified atom stereocenters. The molecule has 0 bridgehead atoms. The Hall–Kier alpha value is -3.08. The normalized spacial score (nSPS) is 11.9. The lowest BCUT2D eigenvalue weighted by molar-refractivity contribution is -0.141. The van der Waals surface area contributed by atoms with Gasteiger partial charge >= 0.3 is 0 Å². The summed E-state index contributed by atoms with van der Waals surface area (Å²) >= 11 is 9.66. The minimum Gasteiger partial charge on any atom is -0.495 e. The molecule has 0 heterocycles. The number of rotatable bonds is 13. The molecule has 1 atom stereocenters. The number of ether oxygens (including phenoxy) is 1. The molecule has 0 saturated heterocycles. The monoisotopic (exact) mass is 649 g/mol. The van der Waals surface area contributed by atoms with Gasteiger partial charge in [-0.15, -0.1) is 0 Å². The van der Waals surface area contributed by atoms with Crippen LogP contribution in [0.15, 0.2) is 77.3 Å². The predicted molar refractivity (Wildman–Crippen MR) is 162 cm³/mol. The highest BCUT2D eigenvalue weighted by Gasteiger charge is 2.30. The molecule has 3 rings (SSSR count). The number of carbonyl (C=O) groups is 2. The molecule has 0 aliphatic rings. The molecule has 0 fully saturated rings. The van der Waals surface area contributed by atoms with Gasteiger partial charge in [-0.3, -0.25) is 13.9 Å². The molecule has 3 aromatic rings. The van der Waals surface area contributed by atoms with Crippen molar-refractivity contribution in [1.82, 2.24) is 10.2 Å². The largest absolute Gasteiger partial charge is 0.495 e. The van der Waals surface area contributed by atoms with Crippen LogP contribution in [0.1, 0.15) is 24.0 Å². The highest BCUT2D eigenvalue weighted by molar-refractivity contribution is 9.10. The molecule has 40 heavy (non-hydrogen) atoms. The fourth-order valence-corrected chi connectivity index (χ4v) is 5.79. The van der Waals surface area contributed by atoms with Gasteiger partial charge in [0.2, 0.25) is 21.8 Å². The molecule has 0 aromatic heterocycles. The molecule has 1 N–H and O–H groups in total. The molecule has 0 aliphatic carbocycles. The number of nitrogens with one attached hydrogen (secondary N) is 1. The van der Waals surface area contributed by atoms with E-state index in [1.54, 1.807) is 24.1 Å². The first kappa shape index (κ1) is 31.4. The minimum absolute atomic E-state index is 0.0364. The molecular formula is C29H33BrClN3O5S. The Morgan fingerprint density at radius 2 is 1.70 bits per heavy atom. The summed E-state index contributed by atoms with van der Waals surface area (Å²) < 4.78 is 32.5. The van der Waals surface area contributed by atoms with Crippen LogP contribution >= 0.6 is 27.5 Å². The second kappa shape index (κ2) is 14.5. The summed E-state index contributed by atoms with van der Waals surface area (Å²) in [6.07, 6.45) is 1.71. The van der Waals surface area contributed by atoms with Gasteiger partial charge in [0.1, 0.15) is 11.8 Å². The fourth-order valence-electron chi connectivity index (χ4n) is 4.32. The first-order valence-electron chi connectivity index (χ1n) is 12.6. The first-order valence-corrected chi connectivity index (χ1v) is 15.7. The van der Waals surface area contributed by atoms with E-state index in [-0.39, 0.29) is 42.8 Å². The average molecular weight is 651 g/mol. The van der Waals surface area contributed by atoms with E-state index in [4.69, 9.17) is 16.3 Å². The maximum Gasteiger partial charge on any atom is 0.242 e. The first-order chi connectivity index (χ1) is 19.0. The number of nitrogens with zero attached hydrogens (tertiary/aromatic N) is 2. The van der Waals surface area contributed by atoms with E-state index in [0.29, 0.717) is 17.9 Å². The molecular weight excluding hydrogens is 618 g/mol. The van der Waals surface area contributed by atoms with Crippen molar-refractivity contribution in [3.8, 4) is 5.75 Å². The van der Waals surface area contributed by atoms with Gasteiger partial charge in [-0.2, -0.15) is 0 Å². The Labute approximate surface area is 249 Å². The third kappa shape index (κ3) is 8.71. The Bertz CT molecular complexity index is 1400. The third-order valence-corrected chi connectivity index (χ3v) is 8.38. The number of methoxy groups -OCH3 is 1. The lowest BCUT2D eigenvalue weighted by Crippen LogP contribution is -2.49. The van der Waals surface area contributed by atoms with Gasteiger partial charge in [-0.05, 0) is 47.9 Å². The molecule has 214 valence electrons. The maximum absolute atomic E-state index is 13.7. The Balaban J connectivity index is 1.84. The van der Waals surface area contributed by atoms with Crippen LogP contribution in [0, 0.1) is 0 Å². The van der Waals surface area contributed by atoms with Crippen molar-refractivity contribution >= 4 is 55.1 Å². The van der Waals surface area contributed by atoms with Crippen molar-refractivity contribution in [3.05, 3.63) is 93.4 Å². The van der Waals surface area contributed by atoms with Crippen LogP contribution in [0.2, 0.25) is 5.02 Å². The number of likely N-dealkylation sites (N-methyl/N-ethyl adjacent to an activating group) is 1.